The molecule has 47 heavy (non-hydrogen) atoms. The van der Waals surface area contributed by atoms with Crippen molar-refractivity contribution in [3.63, 3.8) is 0 Å². The van der Waals surface area contributed by atoms with E-state index < -0.39 is 0 Å². The standard InChI is InChI=1S/C37H28N8O2/c1-3-33(46)44-20-25(27-12-10-24(18-32(27)44)35-28-11-7-21(19-38)14-30(28)40-41-35)16-26-15-22-8-9-23(17-31(22)45(26)34(47)4-2)36-29-6-5-13-39-37(29)43-42-36/h3-14,17-18,25-26H,1-2,15-16,20H2,(H,40,41)(H,39,42,43). The summed E-state index contributed by atoms with van der Waals surface area (Å²) in [6.07, 6.45) is 5.74. The number of H-pyrrole nitrogens is 2. The quantitative estimate of drug-likeness (QED) is 0.214. The highest BCUT2D eigenvalue weighted by Crippen LogP contribution is 2.45. The summed E-state index contributed by atoms with van der Waals surface area (Å²) in [5, 5.41) is 26.1. The molecule has 8 rings (SSSR count). The van der Waals surface area contributed by atoms with Gasteiger partial charge in [0.1, 0.15) is 0 Å². The lowest BCUT2D eigenvalue weighted by molar-refractivity contribution is -0.115. The normalized spacial score (nSPS) is 16.7. The van der Waals surface area contributed by atoms with Crippen molar-refractivity contribution in [1.29, 1.82) is 5.26 Å². The molecule has 2 aliphatic heterocycles. The van der Waals surface area contributed by atoms with Crippen molar-refractivity contribution in [2.45, 2.75) is 24.8 Å². The van der Waals surface area contributed by atoms with Crippen molar-refractivity contribution in [3.05, 3.63) is 115 Å². The van der Waals surface area contributed by atoms with E-state index in [4.69, 9.17) is 0 Å². The van der Waals surface area contributed by atoms with Crippen LogP contribution in [0, 0.1) is 11.3 Å². The van der Waals surface area contributed by atoms with Gasteiger partial charge in [0, 0.05) is 58.0 Å². The van der Waals surface area contributed by atoms with Crippen LogP contribution in [0.25, 0.3) is 44.5 Å². The van der Waals surface area contributed by atoms with Crippen LogP contribution in [0.5, 0.6) is 0 Å². The number of aromatic amines is 2. The van der Waals surface area contributed by atoms with E-state index in [9.17, 15) is 14.9 Å². The summed E-state index contributed by atoms with van der Waals surface area (Å²) in [5.41, 5.74) is 9.08. The molecule has 5 heterocycles. The van der Waals surface area contributed by atoms with Crippen molar-refractivity contribution in [1.82, 2.24) is 25.4 Å². The third kappa shape index (κ3) is 4.51. The molecule has 0 saturated heterocycles. The second-order valence-corrected chi connectivity index (χ2v) is 11.9. The van der Waals surface area contributed by atoms with E-state index in [2.05, 4.69) is 62.8 Å². The van der Waals surface area contributed by atoms with Gasteiger partial charge in [0.25, 0.3) is 5.91 Å². The summed E-state index contributed by atoms with van der Waals surface area (Å²) in [4.78, 5) is 34.5. The van der Waals surface area contributed by atoms with Gasteiger partial charge in [-0.25, -0.2) is 4.98 Å². The molecule has 2 amide bonds. The highest BCUT2D eigenvalue weighted by atomic mass is 16.2. The Labute approximate surface area is 269 Å². The third-order valence-corrected chi connectivity index (χ3v) is 9.32. The van der Waals surface area contributed by atoms with E-state index in [0.29, 0.717) is 30.6 Å². The second-order valence-electron chi connectivity index (χ2n) is 11.9. The molecule has 3 aromatic heterocycles. The van der Waals surface area contributed by atoms with Gasteiger partial charge in [0.15, 0.2) is 5.65 Å². The number of hydrogen-bond donors (Lipinski definition) is 2. The Bertz CT molecular complexity index is 2330. The predicted molar refractivity (Wildman–Crippen MR) is 181 cm³/mol. The lowest BCUT2D eigenvalue weighted by Gasteiger charge is -2.27. The van der Waals surface area contributed by atoms with E-state index >= 15 is 0 Å². The van der Waals surface area contributed by atoms with Gasteiger partial charge in [-0.1, -0.05) is 37.4 Å². The van der Waals surface area contributed by atoms with E-state index in [1.807, 2.05) is 41.3 Å². The number of nitrogens with one attached hydrogen (secondary N) is 2. The maximum Gasteiger partial charge on any atom is 0.250 e. The number of anilines is 2. The Kier molecular flexibility index (Phi) is 6.54. The van der Waals surface area contributed by atoms with Crippen molar-refractivity contribution in [2.24, 2.45) is 0 Å². The molecule has 0 saturated carbocycles. The molecule has 2 unspecified atom stereocenters. The third-order valence-electron chi connectivity index (χ3n) is 9.32. The number of fused-ring (bicyclic) bond motifs is 4. The first-order valence-electron chi connectivity index (χ1n) is 15.3. The Balaban J connectivity index is 1.13. The average Bonchev–Trinajstić information content (AvgIpc) is 3.89. The van der Waals surface area contributed by atoms with Crippen LogP contribution in [0.3, 0.4) is 0 Å². The molecule has 0 aliphatic carbocycles. The van der Waals surface area contributed by atoms with Crippen molar-refractivity contribution < 1.29 is 9.59 Å². The number of rotatable bonds is 6. The lowest BCUT2D eigenvalue weighted by Crippen LogP contribution is -2.38. The van der Waals surface area contributed by atoms with Crippen LogP contribution >= 0.6 is 0 Å². The summed E-state index contributed by atoms with van der Waals surface area (Å²) in [6, 6.07) is 23.5. The fraction of sp³-hybridized carbons (Fsp3) is 0.135. The van der Waals surface area contributed by atoms with Crippen molar-refractivity contribution in [2.75, 3.05) is 16.3 Å². The van der Waals surface area contributed by atoms with Crippen LogP contribution in [0.1, 0.15) is 29.0 Å². The summed E-state index contributed by atoms with van der Waals surface area (Å²) in [6.45, 7) is 8.02. The van der Waals surface area contributed by atoms with Gasteiger partial charge in [-0.15, -0.1) is 0 Å². The number of hydrogen-bond acceptors (Lipinski definition) is 6. The molecule has 10 nitrogen and oxygen atoms in total. The molecule has 228 valence electrons. The zero-order chi connectivity index (χ0) is 32.2. The number of pyridine rings is 1. The van der Waals surface area contributed by atoms with Crippen LogP contribution in [0.4, 0.5) is 11.4 Å². The number of nitriles is 1. The van der Waals surface area contributed by atoms with E-state index in [1.165, 1.54) is 12.2 Å². The molecule has 6 aromatic rings. The Morgan fingerprint density at radius 2 is 1.77 bits per heavy atom. The molecule has 0 spiro atoms. The van der Waals surface area contributed by atoms with Crippen LogP contribution in [-0.2, 0) is 16.0 Å². The number of benzene rings is 3. The van der Waals surface area contributed by atoms with Crippen LogP contribution in [0.2, 0.25) is 0 Å². The highest BCUT2D eigenvalue weighted by molar-refractivity contribution is 6.05. The maximum absolute atomic E-state index is 13.4. The van der Waals surface area contributed by atoms with E-state index in [-0.39, 0.29) is 23.8 Å². The van der Waals surface area contributed by atoms with E-state index in [1.54, 1.807) is 23.2 Å². The van der Waals surface area contributed by atoms with Crippen molar-refractivity contribution >= 4 is 45.1 Å². The molecule has 2 N–H and O–H groups in total. The first-order chi connectivity index (χ1) is 23.0. The van der Waals surface area contributed by atoms with Crippen LogP contribution < -0.4 is 9.80 Å². The number of amides is 2. The average molecular weight is 617 g/mol. The number of nitrogens with zero attached hydrogens (tertiary/aromatic N) is 6. The SMILES string of the molecule is C=CC(=O)N1CC(CC2Cc3ccc(-c4[nH]nc5ncccc45)cc3N2C(=O)C=C)c2ccc(-c3n[nH]c4cc(C#N)ccc34)cc21. The second kappa shape index (κ2) is 10.9. The molecule has 10 heteroatoms. The minimum atomic E-state index is -0.184. The molecule has 3 aromatic carbocycles. The van der Waals surface area contributed by atoms with Crippen molar-refractivity contribution in [3.8, 4) is 28.6 Å². The minimum absolute atomic E-state index is 0.0152. The molecular weight excluding hydrogens is 588 g/mol. The van der Waals surface area contributed by atoms with Crippen LogP contribution in [0.15, 0.2) is 98.2 Å². The van der Waals surface area contributed by atoms with Gasteiger partial charge in [0.05, 0.1) is 28.5 Å². The zero-order valence-corrected chi connectivity index (χ0v) is 25.3. The first-order valence-corrected chi connectivity index (χ1v) is 15.3. The zero-order valence-electron chi connectivity index (χ0n) is 25.3. The molecule has 0 radical (unpaired) electrons. The van der Waals surface area contributed by atoms with Gasteiger partial charge in [-0.05, 0) is 78.6 Å². The summed E-state index contributed by atoms with van der Waals surface area (Å²) in [5.74, 6) is -0.366. The highest BCUT2D eigenvalue weighted by Gasteiger charge is 2.39. The number of carbonyl (C=O) groups excluding carboxylic acids is 2. The van der Waals surface area contributed by atoms with Gasteiger partial charge in [-0.3, -0.25) is 19.8 Å². The first kappa shape index (κ1) is 28.2. The Morgan fingerprint density at radius 3 is 2.60 bits per heavy atom. The number of carbonyl (C=O) groups is 2. The minimum Gasteiger partial charge on any atom is -0.308 e. The summed E-state index contributed by atoms with van der Waals surface area (Å²) in [7, 11) is 0. The lowest BCUT2D eigenvalue weighted by atomic mass is 9.91. The maximum atomic E-state index is 13.4. The Hall–Kier alpha value is -6.34. The largest absolute Gasteiger partial charge is 0.308 e. The monoisotopic (exact) mass is 616 g/mol. The fourth-order valence-electron chi connectivity index (χ4n) is 7.16. The smallest absolute Gasteiger partial charge is 0.250 e. The number of aromatic nitrogens is 5. The molecule has 0 bridgehead atoms. The molecule has 0 fully saturated rings. The molecule has 2 atom stereocenters. The summed E-state index contributed by atoms with van der Waals surface area (Å²) >= 11 is 0. The van der Waals surface area contributed by atoms with Crippen LogP contribution in [-0.4, -0.2) is 49.8 Å². The van der Waals surface area contributed by atoms with Gasteiger partial charge in [-0.2, -0.15) is 15.5 Å². The van der Waals surface area contributed by atoms with Gasteiger partial charge < -0.3 is 9.80 Å². The topological polar surface area (TPSA) is 135 Å². The molecule has 2 aliphatic rings. The molecular formula is C37H28N8O2. The Morgan fingerprint density at radius 1 is 0.936 bits per heavy atom. The summed E-state index contributed by atoms with van der Waals surface area (Å²) < 4.78 is 0. The van der Waals surface area contributed by atoms with Gasteiger partial charge >= 0.3 is 0 Å². The fourth-order valence-corrected chi connectivity index (χ4v) is 7.16. The van der Waals surface area contributed by atoms with Gasteiger partial charge in [0.2, 0.25) is 5.91 Å². The predicted octanol–water partition coefficient (Wildman–Crippen LogP) is 6.19. The van der Waals surface area contributed by atoms with E-state index in [0.717, 1.165) is 61.3 Å².